The Balaban J connectivity index is 2.11. The minimum absolute atomic E-state index is 0.454. The van der Waals surface area contributed by atoms with Crippen molar-refractivity contribution in [1.29, 1.82) is 0 Å². The Labute approximate surface area is 126 Å². The number of benzene rings is 2. The van der Waals surface area contributed by atoms with Crippen LogP contribution in [-0.4, -0.2) is 10.9 Å². The third-order valence-electron chi connectivity index (χ3n) is 3.34. The number of halogens is 1. The van der Waals surface area contributed by atoms with Crippen molar-refractivity contribution in [3.8, 4) is 0 Å². The highest BCUT2D eigenvalue weighted by atomic mass is 35.5. The summed E-state index contributed by atoms with van der Waals surface area (Å²) in [6.45, 7) is 6.18. The Hall–Kier alpha value is -1.51. The van der Waals surface area contributed by atoms with Crippen molar-refractivity contribution in [2.45, 2.75) is 33.0 Å². The molecule has 0 aliphatic heterocycles. The molecule has 0 bridgehead atoms. The molecule has 0 amide bonds. The van der Waals surface area contributed by atoms with Crippen molar-refractivity contribution in [1.82, 2.24) is 4.90 Å². The Morgan fingerprint density at radius 1 is 1.00 bits per heavy atom. The quantitative estimate of drug-likeness (QED) is 0.830. The first-order valence-electron chi connectivity index (χ1n) is 6.87. The van der Waals surface area contributed by atoms with Crippen LogP contribution in [0, 0.1) is 0 Å². The molecule has 2 aromatic rings. The molecule has 0 saturated carbocycles. The molecule has 0 atom stereocenters. The molecule has 3 heteroatoms. The summed E-state index contributed by atoms with van der Waals surface area (Å²) in [5.74, 6) is 0. The lowest BCUT2D eigenvalue weighted by Crippen LogP contribution is -2.29. The first kappa shape index (κ1) is 14.9. The van der Waals surface area contributed by atoms with Crippen molar-refractivity contribution in [2.24, 2.45) is 0 Å². The van der Waals surface area contributed by atoms with Gasteiger partial charge < -0.3 is 5.73 Å². The number of nitrogen functional groups attached to an aromatic ring is 1. The predicted octanol–water partition coefficient (Wildman–Crippen LogP) is 4.33. The third-order valence-corrected chi connectivity index (χ3v) is 3.58. The molecule has 0 aliphatic carbocycles. The number of hydrogen-bond acceptors (Lipinski definition) is 2. The van der Waals surface area contributed by atoms with E-state index >= 15 is 0 Å². The average Bonchev–Trinajstić information content (AvgIpc) is 2.38. The van der Waals surface area contributed by atoms with E-state index in [9.17, 15) is 0 Å². The molecule has 20 heavy (non-hydrogen) atoms. The summed E-state index contributed by atoms with van der Waals surface area (Å²) in [5.41, 5.74) is 9.13. The van der Waals surface area contributed by atoms with Crippen LogP contribution < -0.4 is 5.73 Å². The van der Waals surface area contributed by atoms with Gasteiger partial charge in [-0.15, -0.1) is 0 Å². The predicted molar refractivity (Wildman–Crippen MR) is 86.7 cm³/mol. The molecule has 0 spiro atoms. The van der Waals surface area contributed by atoms with E-state index in [1.54, 1.807) is 0 Å². The fourth-order valence-corrected chi connectivity index (χ4v) is 2.43. The number of rotatable bonds is 5. The van der Waals surface area contributed by atoms with E-state index in [1.807, 2.05) is 36.4 Å². The SMILES string of the molecule is CC(C)N(Cc1cccc(N)c1)Cc1cccc(Cl)c1. The standard InChI is InChI=1S/C17H21ClN2/c1-13(2)20(11-14-5-3-7-16(18)9-14)12-15-6-4-8-17(19)10-15/h3-10,13H,11-12,19H2,1-2H3. The summed E-state index contributed by atoms with van der Waals surface area (Å²) in [6.07, 6.45) is 0. The van der Waals surface area contributed by atoms with E-state index in [1.165, 1.54) is 11.1 Å². The average molecular weight is 289 g/mol. The van der Waals surface area contributed by atoms with Crippen molar-refractivity contribution < 1.29 is 0 Å². The molecule has 106 valence electrons. The van der Waals surface area contributed by atoms with E-state index in [0.29, 0.717) is 6.04 Å². The number of nitrogens with zero attached hydrogens (tertiary/aromatic N) is 1. The van der Waals surface area contributed by atoms with Gasteiger partial charge in [0.25, 0.3) is 0 Å². The molecule has 2 rings (SSSR count). The molecular weight excluding hydrogens is 268 g/mol. The number of nitrogens with two attached hydrogens (primary N) is 1. The highest BCUT2D eigenvalue weighted by Crippen LogP contribution is 2.17. The smallest absolute Gasteiger partial charge is 0.0409 e. The van der Waals surface area contributed by atoms with E-state index in [4.69, 9.17) is 17.3 Å². The van der Waals surface area contributed by atoms with Crippen molar-refractivity contribution in [3.05, 3.63) is 64.7 Å². The van der Waals surface area contributed by atoms with Gasteiger partial charge >= 0.3 is 0 Å². The summed E-state index contributed by atoms with van der Waals surface area (Å²) in [5, 5.41) is 0.787. The van der Waals surface area contributed by atoms with Gasteiger partial charge in [-0.25, -0.2) is 0 Å². The van der Waals surface area contributed by atoms with Crippen LogP contribution in [0.4, 0.5) is 5.69 Å². The topological polar surface area (TPSA) is 29.3 Å². The molecule has 2 N–H and O–H groups in total. The zero-order chi connectivity index (χ0) is 14.5. The van der Waals surface area contributed by atoms with Crippen LogP contribution in [-0.2, 0) is 13.1 Å². The van der Waals surface area contributed by atoms with Gasteiger partial charge in [-0.2, -0.15) is 0 Å². The molecule has 0 radical (unpaired) electrons. The maximum atomic E-state index is 6.05. The Morgan fingerprint density at radius 3 is 2.15 bits per heavy atom. The van der Waals surface area contributed by atoms with E-state index < -0.39 is 0 Å². The van der Waals surface area contributed by atoms with Gasteiger partial charge in [0.1, 0.15) is 0 Å². The zero-order valence-corrected chi connectivity index (χ0v) is 12.8. The van der Waals surface area contributed by atoms with Gasteiger partial charge in [-0.3, -0.25) is 4.90 Å². The minimum Gasteiger partial charge on any atom is -0.399 e. The summed E-state index contributed by atoms with van der Waals surface area (Å²) < 4.78 is 0. The van der Waals surface area contributed by atoms with Crippen LogP contribution >= 0.6 is 11.6 Å². The third kappa shape index (κ3) is 4.26. The highest BCUT2D eigenvalue weighted by Gasteiger charge is 2.11. The fraction of sp³-hybridized carbons (Fsp3) is 0.294. The number of hydrogen-bond donors (Lipinski definition) is 1. The number of anilines is 1. The van der Waals surface area contributed by atoms with E-state index in [0.717, 1.165) is 23.8 Å². The molecule has 0 heterocycles. The van der Waals surface area contributed by atoms with Gasteiger partial charge in [0.05, 0.1) is 0 Å². The Kier molecular flexibility index (Phi) is 5.05. The van der Waals surface area contributed by atoms with Gasteiger partial charge in [-0.1, -0.05) is 35.9 Å². The van der Waals surface area contributed by atoms with Crippen LogP contribution in [0.15, 0.2) is 48.5 Å². The largest absolute Gasteiger partial charge is 0.399 e. The summed E-state index contributed by atoms with van der Waals surface area (Å²) >= 11 is 6.05. The van der Waals surface area contributed by atoms with Gasteiger partial charge in [0.15, 0.2) is 0 Å². The Morgan fingerprint density at radius 2 is 1.60 bits per heavy atom. The van der Waals surface area contributed by atoms with Crippen LogP contribution in [0.3, 0.4) is 0 Å². The van der Waals surface area contributed by atoms with Crippen LogP contribution in [0.2, 0.25) is 5.02 Å². The lowest BCUT2D eigenvalue weighted by atomic mass is 10.1. The van der Waals surface area contributed by atoms with E-state index in [2.05, 4.69) is 30.9 Å². The molecule has 0 aliphatic rings. The second-order valence-corrected chi connectivity index (χ2v) is 5.81. The van der Waals surface area contributed by atoms with E-state index in [-0.39, 0.29) is 0 Å². The Bertz CT molecular complexity index is 519. The van der Waals surface area contributed by atoms with Crippen molar-refractivity contribution in [3.63, 3.8) is 0 Å². The van der Waals surface area contributed by atoms with Gasteiger partial charge in [-0.05, 0) is 49.2 Å². The first-order chi connectivity index (χ1) is 9.54. The minimum atomic E-state index is 0.454. The van der Waals surface area contributed by atoms with Crippen molar-refractivity contribution in [2.75, 3.05) is 5.73 Å². The lowest BCUT2D eigenvalue weighted by molar-refractivity contribution is 0.204. The maximum Gasteiger partial charge on any atom is 0.0409 e. The summed E-state index contributed by atoms with van der Waals surface area (Å²) in [4.78, 5) is 2.40. The second kappa shape index (κ2) is 6.78. The summed E-state index contributed by atoms with van der Waals surface area (Å²) in [7, 11) is 0. The summed E-state index contributed by atoms with van der Waals surface area (Å²) in [6, 6.07) is 16.6. The molecular formula is C17H21ClN2. The zero-order valence-electron chi connectivity index (χ0n) is 12.0. The fourth-order valence-electron chi connectivity index (χ4n) is 2.22. The monoisotopic (exact) mass is 288 g/mol. The van der Waals surface area contributed by atoms with Gasteiger partial charge in [0.2, 0.25) is 0 Å². The normalized spacial score (nSPS) is 11.2. The first-order valence-corrected chi connectivity index (χ1v) is 7.25. The van der Waals surface area contributed by atoms with Crippen LogP contribution in [0.5, 0.6) is 0 Å². The molecule has 2 aromatic carbocycles. The highest BCUT2D eigenvalue weighted by molar-refractivity contribution is 6.30. The van der Waals surface area contributed by atoms with Crippen LogP contribution in [0.1, 0.15) is 25.0 Å². The van der Waals surface area contributed by atoms with Crippen molar-refractivity contribution >= 4 is 17.3 Å². The van der Waals surface area contributed by atoms with Gasteiger partial charge in [0, 0.05) is 29.8 Å². The molecule has 0 aromatic heterocycles. The second-order valence-electron chi connectivity index (χ2n) is 5.37. The maximum absolute atomic E-state index is 6.05. The van der Waals surface area contributed by atoms with Crippen LogP contribution in [0.25, 0.3) is 0 Å². The lowest BCUT2D eigenvalue weighted by Gasteiger charge is -2.27. The molecule has 0 saturated heterocycles. The molecule has 2 nitrogen and oxygen atoms in total. The molecule has 0 unspecified atom stereocenters. The molecule has 0 fully saturated rings.